The minimum absolute atomic E-state index is 0.312. The Labute approximate surface area is 84.9 Å². The van der Waals surface area contributed by atoms with Crippen molar-refractivity contribution >= 4 is 0 Å². The first kappa shape index (κ1) is 9.74. The van der Waals surface area contributed by atoms with Crippen molar-refractivity contribution in [3.63, 3.8) is 0 Å². The number of furan rings is 1. The molecule has 2 rings (SSSR count). The van der Waals surface area contributed by atoms with Crippen molar-refractivity contribution in [1.82, 2.24) is 10.6 Å². The molecule has 3 nitrogen and oxygen atoms in total. The summed E-state index contributed by atoms with van der Waals surface area (Å²) < 4.78 is 5.33. The Morgan fingerprint density at radius 2 is 2.64 bits per heavy atom. The minimum atomic E-state index is 0.312. The van der Waals surface area contributed by atoms with E-state index in [4.69, 9.17) is 4.42 Å². The molecule has 1 aromatic rings. The lowest BCUT2D eigenvalue weighted by atomic mass is 10.2. The maximum Gasteiger partial charge on any atom is 0.120 e. The normalized spacial score (nSPS) is 23.9. The summed E-state index contributed by atoms with van der Waals surface area (Å²) in [5.74, 6) is 1.02. The Balaban J connectivity index is 1.74. The van der Waals surface area contributed by atoms with Crippen LogP contribution in [0.15, 0.2) is 22.8 Å². The third-order valence-corrected chi connectivity index (χ3v) is 2.80. The van der Waals surface area contributed by atoms with E-state index in [-0.39, 0.29) is 0 Å². The van der Waals surface area contributed by atoms with E-state index in [0.717, 1.165) is 12.3 Å². The molecule has 0 radical (unpaired) electrons. The maximum absolute atomic E-state index is 5.33. The van der Waals surface area contributed by atoms with Crippen LogP contribution in [0.1, 0.15) is 31.6 Å². The Hall–Kier alpha value is -0.800. The van der Waals surface area contributed by atoms with Crippen LogP contribution in [-0.2, 0) is 0 Å². The summed E-state index contributed by atoms with van der Waals surface area (Å²) in [6.45, 7) is 4.33. The number of hydrogen-bond donors (Lipinski definition) is 2. The van der Waals surface area contributed by atoms with Gasteiger partial charge in [0.15, 0.2) is 0 Å². The topological polar surface area (TPSA) is 37.2 Å². The SMILES string of the molecule is C[C@@H](NCC1CCCN1)c1ccco1. The molecule has 0 saturated carbocycles. The van der Waals surface area contributed by atoms with Gasteiger partial charge in [0.05, 0.1) is 12.3 Å². The van der Waals surface area contributed by atoms with Crippen molar-refractivity contribution in [2.24, 2.45) is 0 Å². The molecule has 0 bridgehead atoms. The fraction of sp³-hybridized carbons (Fsp3) is 0.636. The molecule has 0 aromatic carbocycles. The molecule has 1 aromatic heterocycles. The molecule has 2 N–H and O–H groups in total. The van der Waals surface area contributed by atoms with Crippen molar-refractivity contribution in [2.45, 2.75) is 31.8 Å². The summed E-state index contributed by atoms with van der Waals surface area (Å²) in [6.07, 6.45) is 4.32. The van der Waals surface area contributed by atoms with Crippen molar-refractivity contribution in [1.29, 1.82) is 0 Å². The summed E-state index contributed by atoms with van der Waals surface area (Å²) >= 11 is 0. The van der Waals surface area contributed by atoms with Crippen molar-refractivity contribution in [3.05, 3.63) is 24.2 Å². The zero-order valence-electron chi connectivity index (χ0n) is 8.62. The van der Waals surface area contributed by atoms with E-state index >= 15 is 0 Å². The van der Waals surface area contributed by atoms with Gasteiger partial charge >= 0.3 is 0 Å². The number of rotatable bonds is 4. The van der Waals surface area contributed by atoms with Crippen LogP contribution in [0.4, 0.5) is 0 Å². The number of nitrogens with one attached hydrogen (secondary N) is 2. The predicted octanol–water partition coefficient (Wildman–Crippen LogP) is 1.68. The van der Waals surface area contributed by atoms with Crippen LogP contribution < -0.4 is 10.6 Å². The van der Waals surface area contributed by atoms with E-state index < -0.39 is 0 Å². The van der Waals surface area contributed by atoms with Gasteiger partial charge in [0.1, 0.15) is 5.76 Å². The third kappa shape index (κ3) is 2.36. The zero-order chi connectivity index (χ0) is 9.80. The van der Waals surface area contributed by atoms with Gasteiger partial charge in [-0.15, -0.1) is 0 Å². The maximum atomic E-state index is 5.33. The summed E-state index contributed by atoms with van der Waals surface area (Å²) in [6, 6.07) is 4.90. The van der Waals surface area contributed by atoms with Gasteiger partial charge in [-0.25, -0.2) is 0 Å². The van der Waals surface area contributed by atoms with Crippen LogP contribution in [0.3, 0.4) is 0 Å². The Morgan fingerprint density at radius 3 is 3.29 bits per heavy atom. The van der Waals surface area contributed by atoms with Crippen LogP contribution in [0.25, 0.3) is 0 Å². The van der Waals surface area contributed by atoms with Crippen LogP contribution >= 0.6 is 0 Å². The highest BCUT2D eigenvalue weighted by molar-refractivity contribution is 5.03. The molecular weight excluding hydrogens is 176 g/mol. The first-order valence-electron chi connectivity index (χ1n) is 5.36. The quantitative estimate of drug-likeness (QED) is 0.765. The standard InChI is InChI=1S/C11H18N2O/c1-9(11-5-3-7-14-11)13-8-10-4-2-6-12-10/h3,5,7,9-10,12-13H,2,4,6,8H2,1H3/t9-,10?/m1/s1. The highest BCUT2D eigenvalue weighted by Gasteiger charge is 2.15. The van der Waals surface area contributed by atoms with Gasteiger partial charge in [0, 0.05) is 12.6 Å². The van der Waals surface area contributed by atoms with Crippen molar-refractivity contribution in [2.75, 3.05) is 13.1 Å². The predicted molar refractivity (Wildman–Crippen MR) is 56.2 cm³/mol. The molecule has 3 heteroatoms. The van der Waals surface area contributed by atoms with Gasteiger partial charge in [-0.2, -0.15) is 0 Å². The highest BCUT2D eigenvalue weighted by atomic mass is 16.3. The molecule has 1 saturated heterocycles. The van der Waals surface area contributed by atoms with Crippen LogP contribution in [0, 0.1) is 0 Å². The van der Waals surface area contributed by atoms with E-state index in [1.54, 1.807) is 6.26 Å². The Morgan fingerprint density at radius 1 is 1.71 bits per heavy atom. The molecule has 0 amide bonds. The second kappa shape index (κ2) is 4.62. The summed E-state index contributed by atoms with van der Waals surface area (Å²) in [4.78, 5) is 0. The van der Waals surface area contributed by atoms with E-state index in [9.17, 15) is 0 Å². The van der Waals surface area contributed by atoms with Gasteiger partial charge in [-0.05, 0) is 38.4 Å². The molecular formula is C11H18N2O. The first-order chi connectivity index (χ1) is 6.86. The number of hydrogen-bond acceptors (Lipinski definition) is 3. The van der Waals surface area contributed by atoms with E-state index in [0.29, 0.717) is 12.1 Å². The lowest BCUT2D eigenvalue weighted by molar-refractivity contribution is 0.412. The van der Waals surface area contributed by atoms with E-state index in [1.807, 2.05) is 12.1 Å². The highest BCUT2D eigenvalue weighted by Crippen LogP contribution is 2.12. The molecule has 2 atom stereocenters. The van der Waals surface area contributed by atoms with Gasteiger partial charge in [-0.3, -0.25) is 0 Å². The average Bonchev–Trinajstić information content (AvgIpc) is 2.87. The van der Waals surface area contributed by atoms with Gasteiger partial charge in [0.2, 0.25) is 0 Å². The molecule has 2 heterocycles. The summed E-state index contributed by atoms with van der Waals surface area (Å²) in [5, 5.41) is 6.93. The summed E-state index contributed by atoms with van der Waals surface area (Å²) in [5.41, 5.74) is 0. The van der Waals surface area contributed by atoms with Gasteiger partial charge in [-0.1, -0.05) is 0 Å². The van der Waals surface area contributed by atoms with Gasteiger partial charge < -0.3 is 15.1 Å². The lowest BCUT2D eigenvalue weighted by Crippen LogP contribution is -2.35. The fourth-order valence-corrected chi connectivity index (χ4v) is 1.89. The van der Waals surface area contributed by atoms with Crippen LogP contribution in [0.5, 0.6) is 0 Å². The van der Waals surface area contributed by atoms with Gasteiger partial charge in [0.25, 0.3) is 0 Å². The van der Waals surface area contributed by atoms with Crippen molar-refractivity contribution < 1.29 is 4.42 Å². The second-order valence-corrected chi connectivity index (χ2v) is 3.94. The molecule has 78 valence electrons. The zero-order valence-corrected chi connectivity index (χ0v) is 8.62. The first-order valence-corrected chi connectivity index (χ1v) is 5.36. The van der Waals surface area contributed by atoms with E-state index in [2.05, 4.69) is 17.6 Å². The second-order valence-electron chi connectivity index (χ2n) is 3.94. The van der Waals surface area contributed by atoms with Crippen molar-refractivity contribution in [3.8, 4) is 0 Å². The molecule has 0 aliphatic carbocycles. The Bertz CT molecular complexity index is 252. The molecule has 0 spiro atoms. The average molecular weight is 194 g/mol. The third-order valence-electron chi connectivity index (χ3n) is 2.80. The lowest BCUT2D eigenvalue weighted by Gasteiger charge is -2.15. The Kier molecular flexibility index (Phi) is 3.22. The van der Waals surface area contributed by atoms with Crippen LogP contribution in [0.2, 0.25) is 0 Å². The largest absolute Gasteiger partial charge is 0.468 e. The molecule has 1 fully saturated rings. The van der Waals surface area contributed by atoms with E-state index in [1.165, 1.54) is 19.4 Å². The molecule has 1 aliphatic rings. The molecule has 1 unspecified atom stereocenters. The van der Waals surface area contributed by atoms with Crippen LogP contribution in [-0.4, -0.2) is 19.1 Å². The molecule has 14 heavy (non-hydrogen) atoms. The fourth-order valence-electron chi connectivity index (χ4n) is 1.89. The monoisotopic (exact) mass is 194 g/mol. The molecule has 1 aliphatic heterocycles. The summed E-state index contributed by atoms with van der Waals surface area (Å²) in [7, 11) is 0. The smallest absolute Gasteiger partial charge is 0.120 e. The minimum Gasteiger partial charge on any atom is -0.468 e.